The first kappa shape index (κ1) is 8.78. The molecule has 0 bridgehead atoms. The van der Waals surface area contributed by atoms with Gasteiger partial charge >= 0.3 is 0 Å². The highest BCUT2D eigenvalue weighted by Gasteiger charge is 2.05. The zero-order valence-electron chi connectivity index (χ0n) is 7.07. The Hall–Kier alpha value is -0.800. The second-order valence-electron chi connectivity index (χ2n) is 2.97. The monoisotopic (exact) mass is 208 g/mol. The fraction of sp³-hybridized carbons (Fsp3) is 0.100. The van der Waals surface area contributed by atoms with Gasteiger partial charge in [-0.15, -0.1) is 24.0 Å². The largest absolute Gasteiger partial charge is 0.298 e. The molecule has 1 heterocycles. The highest BCUT2D eigenvalue weighted by Crippen LogP contribution is 2.31. The van der Waals surface area contributed by atoms with Crippen LogP contribution in [0.1, 0.15) is 15.9 Å². The van der Waals surface area contributed by atoms with Gasteiger partial charge in [0.25, 0.3) is 0 Å². The number of aldehydes is 1. The van der Waals surface area contributed by atoms with Gasteiger partial charge in [0.1, 0.15) is 0 Å². The number of fused-ring (bicyclic) bond motifs is 1. The van der Waals surface area contributed by atoms with E-state index in [0.717, 1.165) is 32.4 Å². The van der Waals surface area contributed by atoms with Crippen LogP contribution in [-0.4, -0.2) is 6.29 Å². The highest BCUT2D eigenvalue weighted by atomic mass is 32.1. The summed E-state index contributed by atoms with van der Waals surface area (Å²) < 4.78 is 1.03. The molecular weight excluding hydrogens is 200 g/mol. The number of rotatable bonds is 1. The third-order valence-electron chi connectivity index (χ3n) is 1.95. The summed E-state index contributed by atoms with van der Waals surface area (Å²) in [6.07, 6.45) is 0.902. The van der Waals surface area contributed by atoms with E-state index in [1.54, 1.807) is 11.3 Å². The third kappa shape index (κ3) is 1.38. The van der Waals surface area contributed by atoms with Crippen molar-refractivity contribution >= 4 is 40.3 Å². The van der Waals surface area contributed by atoms with Crippen LogP contribution in [0.25, 0.3) is 10.1 Å². The number of thiophene rings is 1. The summed E-state index contributed by atoms with van der Waals surface area (Å²) in [5, 5.41) is 3.04. The van der Waals surface area contributed by atoms with Gasteiger partial charge in [0.2, 0.25) is 0 Å². The first-order valence-electron chi connectivity index (χ1n) is 3.88. The predicted octanol–water partition coefficient (Wildman–Crippen LogP) is 3.31. The quantitative estimate of drug-likeness (QED) is 0.562. The Morgan fingerprint density at radius 3 is 2.92 bits per heavy atom. The first-order valence-corrected chi connectivity index (χ1v) is 5.21. The standard InChI is InChI=1S/C10H8OS2/c1-6-2-7(4-11)10-8(3-6)9(12)5-13-10/h2-5,12H,1H3. The van der Waals surface area contributed by atoms with Crippen molar-refractivity contribution in [3.05, 3.63) is 28.6 Å². The van der Waals surface area contributed by atoms with E-state index in [0.29, 0.717) is 0 Å². The van der Waals surface area contributed by atoms with Gasteiger partial charge in [-0.25, -0.2) is 0 Å². The maximum absolute atomic E-state index is 10.8. The van der Waals surface area contributed by atoms with Crippen LogP contribution in [0.5, 0.6) is 0 Å². The van der Waals surface area contributed by atoms with Crippen molar-refractivity contribution in [1.29, 1.82) is 0 Å². The summed E-state index contributed by atoms with van der Waals surface area (Å²) in [7, 11) is 0. The van der Waals surface area contributed by atoms with E-state index in [9.17, 15) is 4.79 Å². The van der Waals surface area contributed by atoms with Crippen molar-refractivity contribution in [2.45, 2.75) is 11.8 Å². The molecule has 0 radical (unpaired) electrons. The Bertz CT molecular complexity index is 471. The Morgan fingerprint density at radius 2 is 2.23 bits per heavy atom. The van der Waals surface area contributed by atoms with E-state index in [4.69, 9.17) is 0 Å². The topological polar surface area (TPSA) is 17.1 Å². The van der Waals surface area contributed by atoms with Crippen molar-refractivity contribution in [2.24, 2.45) is 0 Å². The smallest absolute Gasteiger partial charge is 0.151 e. The van der Waals surface area contributed by atoms with Gasteiger partial charge in [-0.2, -0.15) is 0 Å². The molecule has 0 atom stereocenters. The minimum Gasteiger partial charge on any atom is -0.298 e. The van der Waals surface area contributed by atoms with E-state index in [1.807, 2.05) is 18.4 Å². The molecule has 0 unspecified atom stereocenters. The molecule has 1 nitrogen and oxygen atoms in total. The lowest BCUT2D eigenvalue weighted by molar-refractivity contribution is 0.112. The number of hydrogen-bond acceptors (Lipinski definition) is 3. The van der Waals surface area contributed by atoms with Crippen LogP contribution in [0, 0.1) is 6.92 Å². The Kier molecular flexibility index (Phi) is 2.14. The fourth-order valence-corrected chi connectivity index (χ4v) is 2.69. The van der Waals surface area contributed by atoms with Crippen LogP contribution in [0.15, 0.2) is 22.4 Å². The molecule has 0 aliphatic heterocycles. The van der Waals surface area contributed by atoms with Crippen LogP contribution in [-0.2, 0) is 0 Å². The van der Waals surface area contributed by atoms with E-state index in [2.05, 4.69) is 18.7 Å². The molecule has 0 N–H and O–H groups in total. The lowest BCUT2D eigenvalue weighted by Gasteiger charge is -1.97. The van der Waals surface area contributed by atoms with E-state index < -0.39 is 0 Å². The summed E-state index contributed by atoms with van der Waals surface area (Å²) in [5.41, 5.74) is 1.86. The third-order valence-corrected chi connectivity index (χ3v) is 3.54. The molecule has 1 aromatic carbocycles. The number of thiol groups is 1. The Morgan fingerprint density at radius 1 is 1.46 bits per heavy atom. The number of carbonyl (C=O) groups is 1. The van der Waals surface area contributed by atoms with Gasteiger partial charge in [-0.05, 0) is 24.6 Å². The Labute approximate surface area is 85.8 Å². The predicted molar refractivity (Wildman–Crippen MR) is 59.2 cm³/mol. The van der Waals surface area contributed by atoms with Crippen molar-refractivity contribution in [3.63, 3.8) is 0 Å². The van der Waals surface area contributed by atoms with Gasteiger partial charge < -0.3 is 0 Å². The van der Waals surface area contributed by atoms with Gasteiger partial charge in [-0.3, -0.25) is 4.79 Å². The van der Waals surface area contributed by atoms with Gasteiger partial charge in [0, 0.05) is 25.9 Å². The number of carbonyl (C=O) groups excluding carboxylic acids is 1. The van der Waals surface area contributed by atoms with Crippen molar-refractivity contribution in [1.82, 2.24) is 0 Å². The van der Waals surface area contributed by atoms with Crippen LogP contribution >= 0.6 is 24.0 Å². The molecule has 0 saturated heterocycles. The van der Waals surface area contributed by atoms with Crippen LogP contribution < -0.4 is 0 Å². The second-order valence-corrected chi connectivity index (χ2v) is 4.33. The van der Waals surface area contributed by atoms with Gasteiger partial charge in [-0.1, -0.05) is 0 Å². The molecule has 0 amide bonds. The van der Waals surface area contributed by atoms with Crippen molar-refractivity contribution in [2.75, 3.05) is 0 Å². The summed E-state index contributed by atoms with van der Waals surface area (Å²) in [5.74, 6) is 0. The minimum absolute atomic E-state index is 0.764. The molecule has 0 saturated carbocycles. The van der Waals surface area contributed by atoms with Crippen molar-refractivity contribution < 1.29 is 4.79 Å². The molecule has 3 heteroatoms. The number of benzene rings is 1. The molecule has 2 aromatic rings. The molecule has 0 fully saturated rings. The molecule has 0 spiro atoms. The normalized spacial score (nSPS) is 10.6. The molecule has 0 aliphatic rings. The summed E-state index contributed by atoms with van der Waals surface area (Å²) in [6.45, 7) is 1.98. The summed E-state index contributed by atoms with van der Waals surface area (Å²) in [4.78, 5) is 11.7. The SMILES string of the molecule is Cc1cc(C=O)c2scc(S)c2c1. The molecule has 0 aliphatic carbocycles. The van der Waals surface area contributed by atoms with Crippen LogP contribution in [0.3, 0.4) is 0 Å². The van der Waals surface area contributed by atoms with Crippen molar-refractivity contribution in [3.8, 4) is 0 Å². The highest BCUT2D eigenvalue weighted by molar-refractivity contribution is 7.80. The first-order chi connectivity index (χ1) is 6.22. The van der Waals surface area contributed by atoms with E-state index in [-0.39, 0.29) is 0 Å². The molecular formula is C10H8OS2. The summed E-state index contributed by atoms with van der Waals surface area (Å²) >= 11 is 5.90. The summed E-state index contributed by atoms with van der Waals surface area (Å²) in [6, 6.07) is 3.96. The molecule has 1 aromatic heterocycles. The average molecular weight is 208 g/mol. The maximum Gasteiger partial charge on any atom is 0.151 e. The number of hydrogen-bond donors (Lipinski definition) is 1. The lowest BCUT2D eigenvalue weighted by Crippen LogP contribution is -1.81. The van der Waals surface area contributed by atoms with Crippen LogP contribution in [0.2, 0.25) is 0 Å². The zero-order chi connectivity index (χ0) is 9.42. The molecule has 66 valence electrons. The zero-order valence-corrected chi connectivity index (χ0v) is 8.78. The maximum atomic E-state index is 10.8. The van der Waals surface area contributed by atoms with Gasteiger partial charge in [0.05, 0.1) is 0 Å². The Balaban J connectivity index is 2.91. The van der Waals surface area contributed by atoms with E-state index >= 15 is 0 Å². The fourth-order valence-electron chi connectivity index (χ4n) is 1.39. The van der Waals surface area contributed by atoms with Gasteiger partial charge in [0.15, 0.2) is 6.29 Å². The van der Waals surface area contributed by atoms with E-state index in [1.165, 1.54) is 0 Å². The average Bonchev–Trinajstić information content (AvgIpc) is 2.47. The number of aryl methyl sites for hydroxylation is 1. The minimum atomic E-state index is 0.764. The lowest BCUT2D eigenvalue weighted by atomic mass is 10.1. The molecule has 2 rings (SSSR count). The molecule has 13 heavy (non-hydrogen) atoms. The second kappa shape index (κ2) is 3.16. The van der Waals surface area contributed by atoms with Crippen LogP contribution in [0.4, 0.5) is 0 Å².